The van der Waals surface area contributed by atoms with Crippen molar-refractivity contribution >= 4 is 35.0 Å². The van der Waals surface area contributed by atoms with E-state index >= 15 is 0 Å². The molecular weight excluding hydrogens is 550 g/mol. The number of Topliss-reactive ketones (excluding diaryl/α,β-unsaturated/α-hetero) is 1. The summed E-state index contributed by atoms with van der Waals surface area (Å²) in [7, 11) is 0. The molecule has 0 bridgehead atoms. The molecule has 1 aromatic rings. The number of ketones is 1. The zero-order valence-electron chi connectivity index (χ0n) is 24.5. The molecule has 1 amide bonds. The summed E-state index contributed by atoms with van der Waals surface area (Å²) in [6.45, 7) is 10.1. The van der Waals surface area contributed by atoms with Crippen LogP contribution in [0.3, 0.4) is 0 Å². The lowest BCUT2D eigenvalue weighted by molar-refractivity contribution is -0.255. The number of fused-ring (bicyclic) bond motifs is 1. The lowest BCUT2D eigenvalue weighted by Crippen LogP contribution is -2.60. The van der Waals surface area contributed by atoms with Gasteiger partial charge in [0.25, 0.3) is 0 Å². The van der Waals surface area contributed by atoms with Gasteiger partial charge in [0.2, 0.25) is 0 Å². The highest BCUT2D eigenvalue weighted by molar-refractivity contribution is 6.30. The highest BCUT2D eigenvalue weighted by atomic mass is 35.5. The Morgan fingerprint density at radius 2 is 1.83 bits per heavy atom. The van der Waals surface area contributed by atoms with Gasteiger partial charge < -0.3 is 29.2 Å². The number of ether oxygens (including phenoxy) is 3. The molecule has 2 aliphatic heterocycles. The van der Waals surface area contributed by atoms with Gasteiger partial charge in [0.15, 0.2) is 17.4 Å². The van der Waals surface area contributed by atoms with Gasteiger partial charge in [0, 0.05) is 38.2 Å². The van der Waals surface area contributed by atoms with Crippen molar-refractivity contribution in [3.8, 4) is 0 Å². The first-order chi connectivity index (χ1) is 19.5. The van der Waals surface area contributed by atoms with Crippen molar-refractivity contribution in [1.82, 2.24) is 14.9 Å². The molecule has 0 radical (unpaired) electrons. The summed E-state index contributed by atoms with van der Waals surface area (Å²) in [4.78, 5) is 40.0. The predicted octanol–water partition coefficient (Wildman–Crippen LogP) is 4.82. The molecule has 11 nitrogen and oxygen atoms in total. The zero-order valence-corrected chi connectivity index (χ0v) is 25.3. The Hall–Kier alpha value is -2.50. The predicted molar refractivity (Wildman–Crippen MR) is 152 cm³/mol. The Kier molecular flexibility index (Phi) is 8.51. The molecule has 2 spiro atoms. The van der Waals surface area contributed by atoms with E-state index in [4.69, 9.17) is 30.8 Å². The summed E-state index contributed by atoms with van der Waals surface area (Å²) >= 11 is 6.50. The van der Waals surface area contributed by atoms with Crippen LogP contribution in [0, 0.1) is 11.3 Å². The standard InChI is InChI=1S/C29H42ClN5O6/c1-19-18-34(26(37)41-27(2,3)4)13-8-14-35(19)22-17-21(30)31-25(32-22)23(33-38)20-9-7-11-28(24(20)36)10-5-6-12-29(28)39-15-16-40-29/h17,19-20,38H,5-16,18H2,1-4H3/b33-23+/t19-,20?,28-/m0/s1. The number of aromatic nitrogens is 2. The SMILES string of the molecule is C[C@H]1CN(C(=O)OC(C)(C)C)CCCN1c1cc(Cl)nc(/C(=N/O)C2CCC[C@@]3(CCCCC34OCCO4)C2=O)n1. The first-order valence-corrected chi connectivity index (χ1v) is 15.2. The first kappa shape index (κ1) is 30.0. The van der Waals surface area contributed by atoms with Crippen LogP contribution in [0.5, 0.6) is 0 Å². The largest absolute Gasteiger partial charge is 0.444 e. The molecule has 2 saturated carbocycles. The second-order valence-electron chi connectivity index (χ2n) is 12.7. The number of hydrogen-bond acceptors (Lipinski definition) is 10. The zero-order chi connectivity index (χ0) is 29.4. The van der Waals surface area contributed by atoms with E-state index in [2.05, 4.69) is 15.0 Å². The van der Waals surface area contributed by atoms with Crippen molar-refractivity contribution in [3.63, 3.8) is 0 Å². The average molecular weight is 592 g/mol. The summed E-state index contributed by atoms with van der Waals surface area (Å²) in [5.74, 6) is -0.964. The van der Waals surface area contributed by atoms with Crippen LogP contribution in [-0.2, 0) is 19.0 Å². The lowest BCUT2D eigenvalue weighted by Gasteiger charge is -2.52. The molecule has 3 atom stereocenters. The highest BCUT2D eigenvalue weighted by Crippen LogP contribution is 2.56. The Morgan fingerprint density at radius 3 is 2.54 bits per heavy atom. The number of oxime groups is 1. The maximum absolute atomic E-state index is 14.3. The Balaban J connectivity index is 1.40. The first-order valence-electron chi connectivity index (χ1n) is 14.8. The van der Waals surface area contributed by atoms with Gasteiger partial charge in [-0.1, -0.05) is 29.6 Å². The Labute approximate surface area is 246 Å². The van der Waals surface area contributed by atoms with E-state index < -0.39 is 22.7 Å². The van der Waals surface area contributed by atoms with Crippen molar-refractivity contribution < 1.29 is 29.0 Å². The second-order valence-corrected chi connectivity index (χ2v) is 13.1. The van der Waals surface area contributed by atoms with E-state index in [-0.39, 0.29) is 34.6 Å². The molecule has 3 heterocycles. The third kappa shape index (κ3) is 5.77. The third-order valence-corrected chi connectivity index (χ3v) is 9.06. The molecule has 2 saturated heterocycles. The van der Waals surface area contributed by atoms with Crippen molar-refractivity contribution in [2.75, 3.05) is 37.7 Å². The molecule has 12 heteroatoms. The summed E-state index contributed by atoms with van der Waals surface area (Å²) in [6, 6.07) is 1.57. The number of anilines is 1. The van der Waals surface area contributed by atoms with E-state index in [0.29, 0.717) is 70.8 Å². The van der Waals surface area contributed by atoms with Crippen molar-refractivity contribution in [2.45, 2.75) is 96.5 Å². The molecule has 2 aliphatic carbocycles. The molecule has 1 unspecified atom stereocenters. The minimum atomic E-state index is -0.913. The van der Waals surface area contributed by atoms with Gasteiger partial charge in [-0.15, -0.1) is 0 Å². The van der Waals surface area contributed by atoms with Gasteiger partial charge in [0.1, 0.15) is 22.3 Å². The molecule has 226 valence electrons. The summed E-state index contributed by atoms with van der Waals surface area (Å²) in [5.41, 5.74) is -1.24. The summed E-state index contributed by atoms with van der Waals surface area (Å²) in [5, 5.41) is 14.0. The fourth-order valence-electron chi connectivity index (χ4n) is 7.10. The lowest BCUT2D eigenvalue weighted by atomic mass is 9.57. The van der Waals surface area contributed by atoms with Crippen LogP contribution in [0.2, 0.25) is 5.15 Å². The van der Waals surface area contributed by atoms with Crippen LogP contribution in [0.25, 0.3) is 0 Å². The minimum Gasteiger partial charge on any atom is -0.444 e. The summed E-state index contributed by atoms with van der Waals surface area (Å²) in [6.07, 6.45) is 5.56. The van der Waals surface area contributed by atoms with E-state index in [0.717, 1.165) is 19.3 Å². The number of nitrogens with zero attached hydrogens (tertiary/aromatic N) is 5. The molecule has 4 fully saturated rings. The van der Waals surface area contributed by atoms with Gasteiger partial charge in [-0.2, -0.15) is 0 Å². The smallest absolute Gasteiger partial charge is 0.410 e. The highest BCUT2D eigenvalue weighted by Gasteiger charge is 2.63. The number of hydrogen-bond donors (Lipinski definition) is 1. The molecule has 1 N–H and O–H groups in total. The van der Waals surface area contributed by atoms with Crippen molar-refractivity contribution in [1.29, 1.82) is 0 Å². The maximum atomic E-state index is 14.3. The van der Waals surface area contributed by atoms with Gasteiger partial charge in [-0.25, -0.2) is 14.8 Å². The number of carbonyl (C=O) groups excluding carboxylic acids is 2. The monoisotopic (exact) mass is 591 g/mol. The quantitative estimate of drug-likeness (QED) is 0.228. The molecular formula is C29H42ClN5O6. The fraction of sp³-hybridized carbons (Fsp3) is 0.759. The molecule has 1 aromatic heterocycles. The maximum Gasteiger partial charge on any atom is 0.410 e. The second kappa shape index (κ2) is 11.6. The fourth-order valence-corrected chi connectivity index (χ4v) is 7.28. The van der Waals surface area contributed by atoms with Gasteiger partial charge in [-0.05, 0) is 59.8 Å². The third-order valence-electron chi connectivity index (χ3n) is 8.86. The van der Waals surface area contributed by atoms with Crippen LogP contribution in [0.4, 0.5) is 10.6 Å². The van der Waals surface area contributed by atoms with Gasteiger partial charge in [-0.3, -0.25) is 4.79 Å². The van der Waals surface area contributed by atoms with Crippen LogP contribution in [0.1, 0.15) is 84.9 Å². The number of halogens is 1. The van der Waals surface area contributed by atoms with Crippen LogP contribution in [-0.4, -0.2) is 87.9 Å². The van der Waals surface area contributed by atoms with Crippen molar-refractivity contribution in [3.05, 3.63) is 17.0 Å². The molecule has 4 aliphatic rings. The van der Waals surface area contributed by atoms with Crippen molar-refractivity contribution in [2.24, 2.45) is 16.5 Å². The number of carbonyl (C=O) groups is 2. The van der Waals surface area contributed by atoms with Crippen LogP contribution >= 0.6 is 11.6 Å². The van der Waals surface area contributed by atoms with Crippen LogP contribution in [0.15, 0.2) is 11.2 Å². The number of rotatable bonds is 3. The minimum absolute atomic E-state index is 0.0283. The molecule has 0 aromatic carbocycles. The Bertz CT molecular complexity index is 1180. The van der Waals surface area contributed by atoms with E-state index in [1.165, 1.54) is 0 Å². The van der Waals surface area contributed by atoms with E-state index in [1.54, 1.807) is 11.0 Å². The normalized spacial score (nSPS) is 29.2. The summed E-state index contributed by atoms with van der Waals surface area (Å²) < 4.78 is 17.9. The van der Waals surface area contributed by atoms with Gasteiger partial charge >= 0.3 is 6.09 Å². The Morgan fingerprint density at radius 1 is 1.12 bits per heavy atom. The average Bonchev–Trinajstić information content (AvgIpc) is 3.29. The number of amides is 1. The van der Waals surface area contributed by atoms with E-state index in [9.17, 15) is 14.8 Å². The topological polar surface area (TPSA) is 127 Å². The molecule has 41 heavy (non-hydrogen) atoms. The van der Waals surface area contributed by atoms with E-state index in [1.807, 2.05) is 27.7 Å². The van der Waals surface area contributed by atoms with Crippen LogP contribution < -0.4 is 4.90 Å². The molecule has 5 rings (SSSR count). The van der Waals surface area contributed by atoms with Gasteiger partial charge in [0.05, 0.1) is 24.5 Å².